The fraction of sp³-hybridized carbons (Fsp3) is 0.786. The quantitative estimate of drug-likeness (QED) is 0.848. The smallest absolute Gasteiger partial charge is 0.240 e. The number of sulfonamides is 1. The predicted molar refractivity (Wildman–Crippen MR) is 84.4 cm³/mol. The highest BCUT2D eigenvalue weighted by Gasteiger charge is 2.31. The summed E-state index contributed by atoms with van der Waals surface area (Å²) in [6.45, 7) is 6.60. The topological polar surface area (TPSA) is 105 Å². The van der Waals surface area contributed by atoms with Crippen LogP contribution < -0.4 is 4.72 Å². The maximum absolute atomic E-state index is 12.4. The average molecular weight is 344 g/mol. The Morgan fingerprint density at radius 3 is 2.65 bits per heavy atom. The highest BCUT2D eigenvalue weighted by atomic mass is 32.2. The number of hydrogen-bond acceptors (Lipinski definition) is 6. The molecule has 0 aliphatic carbocycles. The first-order valence-corrected chi connectivity index (χ1v) is 9.66. The molecule has 0 spiro atoms. The third-order valence-electron chi connectivity index (χ3n) is 3.81. The average Bonchev–Trinajstić information content (AvgIpc) is 2.95. The van der Waals surface area contributed by atoms with Crippen LogP contribution in [0.4, 0.5) is 0 Å². The summed E-state index contributed by atoms with van der Waals surface area (Å²) in [5.41, 5.74) is 0. The fourth-order valence-corrected chi connectivity index (χ4v) is 3.42. The van der Waals surface area contributed by atoms with Gasteiger partial charge in [0.1, 0.15) is 0 Å². The van der Waals surface area contributed by atoms with Crippen LogP contribution in [0.15, 0.2) is 4.52 Å². The Morgan fingerprint density at radius 1 is 1.39 bits per heavy atom. The van der Waals surface area contributed by atoms with Gasteiger partial charge in [0.15, 0.2) is 5.82 Å². The number of nitrogens with one attached hydrogen (secondary N) is 1. The molecular formula is C14H24N4O4S. The maximum Gasteiger partial charge on any atom is 0.240 e. The molecule has 9 heteroatoms. The van der Waals surface area contributed by atoms with Crippen LogP contribution in [0.5, 0.6) is 0 Å². The van der Waals surface area contributed by atoms with E-state index in [0.717, 1.165) is 19.1 Å². The highest BCUT2D eigenvalue weighted by Crippen LogP contribution is 2.26. The largest absolute Gasteiger partial charge is 0.341 e. The van der Waals surface area contributed by atoms with Gasteiger partial charge in [0.25, 0.3) is 0 Å². The third-order valence-corrected chi connectivity index (χ3v) is 4.59. The molecule has 23 heavy (non-hydrogen) atoms. The minimum atomic E-state index is -3.42. The zero-order valence-electron chi connectivity index (χ0n) is 13.9. The van der Waals surface area contributed by atoms with Crippen LogP contribution in [0.25, 0.3) is 0 Å². The molecule has 0 aromatic carbocycles. The zero-order chi connectivity index (χ0) is 17.2. The Morgan fingerprint density at radius 2 is 2.09 bits per heavy atom. The van der Waals surface area contributed by atoms with Gasteiger partial charge in [-0.25, -0.2) is 13.1 Å². The summed E-state index contributed by atoms with van der Waals surface area (Å²) in [5.74, 6) is 1.17. The maximum atomic E-state index is 12.4. The van der Waals surface area contributed by atoms with Crippen molar-refractivity contribution in [2.75, 3.05) is 19.3 Å². The number of hydrogen-bond donors (Lipinski definition) is 1. The molecule has 1 saturated heterocycles. The van der Waals surface area contributed by atoms with E-state index in [1.54, 1.807) is 11.8 Å². The monoisotopic (exact) mass is 344 g/mol. The molecule has 0 bridgehead atoms. The Labute approximate surface area is 136 Å². The first-order valence-electron chi connectivity index (χ1n) is 7.77. The van der Waals surface area contributed by atoms with Crippen LogP contribution in [0.2, 0.25) is 0 Å². The summed E-state index contributed by atoms with van der Waals surface area (Å²) in [4.78, 5) is 18.5. The van der Waals surface area contributed by atoms with E-state index in [1.807, 2.05) is 13.8 Å². The van der Waals surface area contributed by atoms with Crippen LogP contribution in [0.1, 0.15) is 57.2 Å². The molecule has 2 unspecified atom stereocenters. The minimum absolute atomic E-state index is 0.0226. The second kappa shape index (κ2) is 6.96. The first-order chi connectivity index (χ1) is 10.7. The van der Waals surface area contributed by atoms with Crippen molar-refractivity contribution < 1.29 is 17.7 Å². The van der Waals surface area contributed by atoms with Crippen molar-refractivity contribution in [2.45, 2.75) is 51.5 Å². The van der Waals surface area contributed by atoms with Gasteiger partial charge in [-0.15, -0.1) is 0 Å². The van der Waals surface area contributed by atoms with Crippen molar-refractivity contribution in [1.82, 2.24) is 19.8 Å². The molecular weight excluding hydrogens is 320 g/mol. The first kappa shape index (κ1) is 17.9. The molecule has 1 fully saturated rings. The molecule has 0 radical (unpaired) electrons. The molecule has 1 amide bonds. The van der Waals surface area contributed by atoms with Crippen LogP contribution in [-0.2, 0) is 14.8 Å². The minimum Gasteiger partial charge on any atom is -0.341 e. The standard InChI is InChI=1S/C14H24N4O4S/c1-9(2)13-15-12(16-22-13)11-6-5-7-18(8-11)14(19)10(3)17-23(4,20)21/h9-11,17H,5-8H2,1-4H3. The number of nitrogens with zero attached hydrogens (tertiary/aromatic N) is 3. The lowest BCUT2D eigenvalue weighted by Crippen LogP contribution is -2.49. The van der Waals surface area contributed by atoms with Gasteiger partial charge < -0.3 is 9.42 Å². The SMILES string of the molecule is CC(NS(C)(=O)=O)C(=O)N1CCCC(c2noc(C(C)C)n2)C1. The van der Waals surface area contributed by atoms with E-state index in [-0.39, 0.29) is 17.7 Å². The highest BCUT2D eigenvalue weighted by molar-refractivity contribution is 7.88. The molecule has 1 aromatic heterocycles. The molecule has 130 valence electrons. The Hall–Kier alpha value is -1.48. The summed E-state index contributed by atoms with van der Waals surface area (Å²) >= 11 is 0. The van der Waals surface area contributed by atoms with E-state index in [2.05, 4.69) is 14.9 Å². The van der Waals surface area contributed by atoms with Crippen molar-refractivity contribution >= 4 is 15.9 Å². The van der Waals surface area contributed by atoms with Gasteiger partial charge in [0.2, 0.25) is 21.8 Å². The van der Waals surface area contributed by atoms with Crippen molar-refractivity contribution in [3.8, 4) is 0 Å². The van der Waals surface area contributed by atoms with Gasteiger partial charge in [0, 0.05) is 24.9 Å². The number of carbonyl (C=O) groups is 1. The van der Waals surface area contributed by atoms with E-state index < -0.39 is 16.1 Å². The fourth-order valence-electron chi connectivity index (χ4n) is 2.68. The summed E-state index contributed by atoms with van der Waals surface area (Å²) in [6, 6.07) is -0.778. The van der Waals surface area contributed by atoms with Gasteiger partial charge in [-0.1, -0.05) is 19.0 Å². The second-order valence-corrected chi connectivity index (χ2v) is 8.16. The lowest BCUT2D eigenvalue weighted by molar-refractivity contribution is -0.133. The molecule has 2 heterocycles. The molecule has 2 atom stereocenters. The van der Waals surface area contributed by atoms with Crippen molar-refractivity contribution in [3.05, 3.63) is 11.7 Å². The normalized spacial score (nSPS) is 20.7. The zero-order valence-corrected chi connectivity index (χ0v) is 14.8. The van der Waals surface area contributed by atoms with Gasteiger partial charge in [0.05, 0.1) is 12.3 Å². The summed E-state index contributed by atoms with van der Waals surface area (Å²) in [5, 5.41) is 4.02. The van der Waals surface area contributed by atoms with Crippen molar-refractivity contribution in [2.24, 2.45) is 0 Å². The van der Waals surface area contributed by atoms with Crippen LogP contribution in [0.3, 0.4) is 0 Å². The molecule has 1 aromatic rings. The van der Waals surface area contributed by atoms with Gasteiger partial charge in [-0.05, 0) is 19.8 Å². The van der Waals surface area contributed by atoms with E-state index in [4.69, 9.17) is 4.52 Å². The summed E-state index contributed by atoms with van der Waals surface area (Å²) < 4.78 is 30.1. The molecule has 2 rings (SSSR count). The molecule has 8 nitrogen and oxygen atoms in total. The Kier molecular flexibility index (Phi) is 5.41. The molecule has 1 aliphatic rings. The van der Waals surface area contributed by atoms with E-state index in [9.17, 15) is 13.2 Å². The molecule has 1 N–H and O–H groups in total. The van der Waals surface area contributed by atoms with Crippen molar-refractivity contribution in [1.29, 1.82) is 0 Å². The predicted octanol–water partition coefficient (Wildman–Crippen LogP) is 0.837. The van der Waals surface area contributed by atoms with Crippen LogP contribution in [-0.4, -0.2) is 54.8 Å². The van der Waals surface area contributed by atoms with Gasteiger partial charge >= 0.3 is 0 Å². The van der Waals surface area contributed by atoms with Gasteiger partial charge in [-0.2, -0.15) is 4.98 Å². The Bertz CT molecular complexity index is 655. The van der Waals surface area contributed by atoms with Crippen LogP contribution >= 0.6 is 0 Å². The number of carbonyl (C=O) groups excluding carboxylic acids is 1. The van der Waals surface area contributed by atoms with Crippen molar-refractivity contribution in [3.63, 3.8) is 0 Å². The number of amides is 1. The third kappa shape index (κ3) is 4.74. The molecule has 1 aliphatic heterocycles. The number of likely N-dealkylation sites (tertiary alicyclic amines) is 1. The molecule has 0 saturated carbocycles. The number of aromatic nitrogens is 2. The lowest BCUT2D eigenvalue weighted by atomic mass is 9.97. The number of rotatable bonds is 5. The second-order valence-electron chi connectivity index (χ2n) is 6.38. The Balaban J connectivity index is 2.03. The van der Waals surface area contributed by atoms with E-state index >= 15 is 0 Å². The van der Waals surface area contributed by atoms with E-state index in [1.165, 1.54) is 0 Å². The lowest BCUT2D eigenvalue weighted by Gasteiger charge is -2.33. The summed E-state index contributed by atoms with van der Waals surface area (Å²) in [7, 11) is -3.42. The summed E-state index contributed by atoms with van der Waals surface area (Å²) in [6.07, 6.45) is 2.75. The van der Waals surface area contributed by atoms with E-state index in [0.29, 0.717) is 24.8 Å². The van der Waals surface area contributed by atoms with Gasteiger partial charge in [-0.3, -0.25) is 4.79 Å². The van der Waals surface area contributed by atoms with Crippen LogP contribution in [0, 0.1) is 0 Å². The number of piperidine rings is 1.